The molecule has 28 heavy (non-hydrogen) atoms. The lowest BCUT2D eigenvalue weighted by Gasteiger charge is -2.58. The summed E-state index contributed by atoms with van der Waals surface area (Å²) >= 11 is 0. The number of aliphatic hydroxyl groups is 1. The summed E-state index contributed by atoms with van der Waals surface area (Å²) < 4.78 is 11.3. The lowest BCUT2D eigenvalue weighted by atomic mass is 9.48. The highest BCUT2D eigenvalue weighted by Crippen LogP contribution is 2.60. The molecule has 4 atom stereocenters. The molecule has 2 fully saturated rings. The van der Waals surface area contributed by atoms with Crippen LogP contribution in [0.3, 0.4) is 0 Å². The maximum Gasteiger partial charge on any atom is 0.336 e. The molecule has 4 nitrogen and oxygen atoms in total. The van der Waals surface area contributed by atoms with Gasteiger partial charge in [0, 0.05) is 23.4 Å². The standard InChI is InChI=1S/C24H30O4/c1-15-17(6-9-20-23(2,3)21(25)11-12-24(15,20)4)14-27-18-8-5-16-7-10-22(26)28-19(16)13-18/h5,7-8,10,13,17,20-21,25H,1,6,9,11-12,14H2,2-4H3/t17-,20-,21-,24+/m0/s1. The normalized spacial score (nSPS) is 32.1. The van der Waals surface area contributed by atoms with E-state index in [0.717, 1.165) is 31.1 Å². The van der Waals surface area contributed by atoms with Gasteiger partial charge in [-0.2, -0.15) is 0 Å². The van der Waals surface area contributed by atoms with Crippen molar-refractivity contribution in [3.8, 4) is 5.75 Å². The summed E-state index contributed by atoms with van der Waals surface area (Å²) in [5, 5.41) is 11.4. The van der Waals surface area contributed by atoms with Crippen molar-refractivity contribution in [2.24, 2.45) is 22.7 Å². The Hall–Kier alpha value is -2.07. The van der Waals surface area contributed by atoms with Gasteiger partial charge in [-0.1, -0.05) is 32.9 Å². The third-order valence-electron chi connectivity index (χ3n) is 7.54. The van der Waals surface area contributed by atoms with E-state index in [1.807, 2.05) is 12.1 Å². The average Bonchev–Trinajstić information content (AvgIpc) is 2.65. The highest BCUT2D eigenvalue weighted by Gasteiger charge is 2.54. The van der Waals surface area contributed by atoms with E-state index < -0.39 is 0 Å². The summed E-state index contributed by atoms with van der Waals surface area (Å²) in [5.41, 5.74) is 1.41. The van der Waals surface area contributed by atoms with Gasteiger partial charge < -0.3 is 14.3 Å². The SMILES string of the molecule is C=C1[C@H](COc2ccc3ccc(=O)oc3c2)CC[C@H]2C(C)(C)[C@@H](O)CC[C@]12C. The number of fused-ring (bicyclic) bond motifs is 2. The van der Waals surface area contributed by atoms with Crippen molar-refractivity contribution >= 4 is 11.0 Å². The molecule has 4 rings (SSSR count). The van der Waals surface area contributed by atoms with Gasteiger partial charge in [0.1, 0.15) is 11.3 Å². The second-order valence-corrected chi connectivity index (χ2v) is 9.41. The van der Waals surface area contributed by atoms with Crippen LogP contribution in [0.15, 0.2) is 51.7 Å². The van der Waals surface area contributed by atoms with Gasteiger partial charge in [0.2, 0.25) is 0 Å². The Balaban J connectivity index is 1.49. The molecule has 4 heteroatoms. The van der Waals surface area contributed by atoms with Crippen molar-refractivity contribution in [1.82, 2.24) is 0 Å². The molecule has 150 valence electrons. The Morgan fingerprint density at radius 2 is 1.93 bits per heavy atom. The van der Waals surface area contributed by atoms with Gasteiger partial charge in [-0.3, -0.25) is 0 Å². The first-order valence-electron chi connectivity index (χ1n) is 10.3. The second-order valence-electron chi connectivity index (χ2n) is 9.41. The predicted octanol–water partition coefficient (Wildman–Crippen LogP) is 4.94. The van der Waals surface area contributed by atoms with Gasteiger partial charge in [-0.15, -0.1) is 0 Å². The molecule has 0 spiro atoms. The van der Waals surface area contributed by atoms with Gasteiger partial charge in [-0.25, -0.2) is 4.79 Å². The minimum atomic E-state index is -0.355. The Bertz CT molecular complexity index is 956. The van der Waals surface area contributed by atoms with Crippen LogP contribution in [0.4, 0.5) is 0 Å². The third kappa shape index (κ3) is 3.08. The lowest BCUT2D eigenvalue weighted by molar-refractivity contribution is -0.0993. The molecule has 0 amide bonds. The lowest BCUT2D eigenvalue weighted by Crippen LogP contribution is -2.53. The maximum atomic E-state index is 11.5. The first kappa shape index (κ1) is 19.3. The minimum absolute atomic E-state index is 0.0468. The zero-order valence-electron chi connectivity index (χ0n) is 17.0. The zero-order chi connectivity index (χ0) is 20.1. The highest BCUT2D eigenvalue weighted by molar-refractivity contribution is 5.77. The number of hydrogen-bond donors (Lipinski definition) is 1. The molecule has 0 radical (unpaired) electrons. The Kier molecular flexibility index (Phi) is 4.65. The van der Waals surface area contributed by atoms with Crippen LogP contribution in [0.1, 0.15) is 46.5 Å². The van der Waals surface area contributed by atoms with E-state index in [9.17, 15) is 9.90 Å². The molecule has 0 saturated heterocycles. The van der Waals surface area contributed by atoms with Crippen LogP contribution in [0.2, 0.25) is 0 Å². The first-order valence-corrected chi connectivity index (χ1v) is 10.3. The summed E-state index contributed by atoms with van der Waals surface area (Å²) in [6, 6.07) is 8.79. The summed E-state index contributed by atoms with van der Waals surface area (Å²) in [4.78, 5) is 11.5. The van der Waals surface area contributed by atoms with E-state index in [4.69, 9.17) is 9.15 Å². The van der Waals surface area contributed by atoms with E-state index in [-0.39, 0.29) is 22.6 Å². The number of hydrogen-bond acceptors (Lipinski definition) is 4. The fourth-order valence-electron chi connectivity index (χ4n) is 5.63. The third-order valence-corrected chi connectivity index (χ3v) is 7.54. The summed E-state index contributed by atoms with van der Waals surface area (Å²) in [6.45, 7) is 11.8. The van der Waals surface area contributed by atoms with Crippen molar-refractivity contribution in [2.45, 2.75) is 52.6 Å². The predicted molar refractivity (Wildman–Crippen MR) is 110 cm³/mol. The Morgan fingerprint density at radius 3 is 2.71 bits per heavy atom. The van der Waals surface area contributed by atoms with Crippen molar-refractivity contribution in [3.63, 3.8) is 0 Å². The van der Waals surface area contributed by atoms with Crippen molar-refractivity contribution < 1.29 is 14.3 Å². The highest BCUT2D eigenvalue weighted by atomic mass is 16.5. The average molecular weight is 383 g/mol. The molecule has 1 aromatic carbocycles. The Labute approximate surface area is 166 Å². The molecular weight excluding hydrogens is 352 g/mol. The first-order chi connectivity index (χ1) is 13.2. The number of rotatable bonds is 3. The molecule has 0 unspecified atom stereocenters. The van der Waals surface area contributed by atoms with Crippen molar-refractivity contribution in [3.05, 3.63) is 52.9 Å². The van der Waals surface area contributed by atoms with Crippen LogP contribution in [-0.2, 0) is 0 Å². The summed E-state index contributed by atoms with van der Waals surface area (Å²) in [5.74, 6) is 1.45. The number of benzene rings is 1. The van der Waals surface area contributed by atoms with Crippen molar-refractivity contribution in [1.29, 1.82) is 0 Å². The number of aliphatic hydroxyl groups excluding tert-OH is 1. The molecule has 0 bridgehead atoms. The molecule has 2 aromatic rings. The minimum Gasteiger partial charge on any atom is -0.493 e. The van der Waals surface area contributed by atoms with Gasteiger partial charge in [0.25, 0.3) is 0 Å². The molecule has 1 heterocycles. The van der Waals surface area contributed by atoms with Crippen LogP contribution < -0.4 is 10.4 Å². The van der Waals surface area contributed by atoms with Crippen LogP contribution in [-0.4, -0.2) is 17.8 Å². The van der Waals surface area contributed by atoms with Gasteiger partial charge in [0.15, 0.2) is 0 Å². The summed E-state index contributed by atoms with van der Waals surface area (Å²) in [6.07, 6.45) is 3.69. The number of ether oxygens (including phenoxy) is 1. The van der Waals surface area contributed by atoms with Crippen LogP contribution in [0.25, 0.3) is 11.0 Å². The van der Waals surface area contributed by atoms with Crippen LogP contribution in [0, 0.1) is 22.7 Å². The molecular formula is C24H30O4. The molecule has 2 aliphatic rings. The molecule has 0 aliphatic heterocycles. The summed E-state index contributed by atoms with van der Waals surface area (Å²) in [7, 11) is 0. The van der Waals surface area contributed by atoms with E-state index in [0.29, 0.717) is 29.8 Å². The molecule has 1 aromatic heterocycles. The zero-order valence-corrected chi connectivity index (χ0v) is 17.0. The van der Waals surface area contributed by atoms with Gasteiger partial charge in [0.05, 0.1) is 12.7 Å². The topological polar surface area (TPSA) is 59.7 Å². The fraction of sp³-hybridized carbons (Fsp3) is 0.542. The Morgan fingerprint density at radius 1 is 1.18 bits per heavy atom. The molecule has 1 N–H and O–H groups in total. The van der Waals surface area contributed by atoms with E-state index >= 15 is 0 Å². The maximum absolute atomic E-state index is 11.5. The van der Waals surface area contributed by atoms with E-state index in [1.165, 1.54) is 11.6 Å². The smallest absolute Gasteiger partial charge is 0.336 e. The van der Waals surface area contributed by atoms with Gasteiger partial charge >= 0.3 is 5.63 Å². The monoisotopic (exact) mass is 382 g/mol. The largest absolute Gasteiger partial charge is 0.493 e. The fourth-order valence-corrected chi connectivity index (χ4v) is 5.63. The molecule has 2 aliphatic carbocycles. The van der Waals surface area contributed by atoms with Crippen molar-refractivity contribution in [2.75, 3.05) is 6.61 Å². The van der Waals surface area contributed by atoms with Gasteiger partial charge in [-0.05, 0) is 60.6 Å². The second kappa shape index (κ2) is 6.77. The van der Waals surface area contributed by atoms with Crippen LogP contribution in [0.5, 0.6) is 5.75 Å². The van der Waals surface area contributed by atoms with Crippen LogP contribution >= 0.6 is 0 Å². The molecule has 2 saturated carbocycles. The van der Waals surface area contributed by atoms with E-state index in [2.05, 4.69) is 27.4 Å². The quantitative estimate of drug-likeness (QED) is 0.603. The van der Waals surface area contributed by atoms with E-state index in [1.54, 1.807) is 12.1 Å².